The summed E-state index contributed by atoms with van der Waals surface area (Å²) in [5.41, 5.74) is 2.82. The van der Waals surface area contributed by atoms with E-state index in [0.29, 0.717) is 11.1 Å². The molecule has 1 saturated carbocycles. The smallest absolute Gasteiger partial charge is 0.268 e. The molecule has 0 radical (unpaired) electrons. The van der Waals surface area contributed by atoms with Crippen LogP contribution in [0.2, 0.25) is 0 Å². The highest BCUT2D eigenvalue weighted by atomic mass is 32.2. The van der Waals surface area contributed by atoms with Crippen molar-refractivity contribution in [2.75, 3.05) is 0 Å². The summed E-state index contributed by atoms with van der Waals surface area (Å²) in [6.45, 7) is 2.47. The molecule has 1 fully saturated rings. The molecule has 180 valence electrons. The summed E-state index contributed by atoms with van der Waals surface area (Å²) in [6, 6.07) is 19.5. The predicted molar refractivity (Wildman–Crippen MR) is 134 cm³/mol. The highest BCUT2D eigenvalue weighted by Crippen LogP contribution is 2.44. The zero-order chi connectivity index (χ0) is 24.6. The van der Waals surface area contributed by atoms with Gasteiger partial charge in [0.05, 0.1) is 10.4 Å². The first-order valence-corrected chi connectivity index (χ1v) is 13.2. The normalized spacial score (nSPS) is 15.4. The zero-order valence-electron chi connectivity index (χ0n) is 19.5. The van der Waals surface area contributed by atoms with Crippen molar-refractivity contribution in [3.8, 4) is 0 Å². The summed E-state index contributed by atoms with van der Waals surface area (Å²) in [4.78, 5) is 12.7. The monoisotopic (exact) mass is 490 g/mol. The van der Waals surface area contributed by atoms with Crippen LogP contribution in [0.1, 0.15) is 54.1 Å². The fourth-order valence-corrected chi connectivity index (χ4v) is 6.40. The second-order valence-corrected chi connectivity index (χ2v) is 11.3. The number of benzene rings is 3. The van der Waals surface area contributed by atoms with Crippen LogP contribution >= 0.6 is 0 Å². The van der Waals surface area contributed by atoms with Crippen molar-refractivity contribution in [3.05, 3.63) is 102 Å². The van der Waals surface area contributed by atoms with E-state index < -0.39 is 10.0 Å². The average molecular weight is 491 g/mol. The molecule has 5 nitrogen and oxygen atoms in total. The van der Waals surface area contributed by atoms with Crippen LogP contribution in [0.25, 0.3) is 10.9 Å². The predicted octanol–water partition coefficient (Wildman–Crippen LogP) is 5.78. The van der Waals surface area contributed by atoms with Crippen molar-refractivity contribution in [1.29, 1.82) is 0 Å². The lowest BCUT2D eigenvalue weighted by Gasteiger charge is -2.23. The van der Waals surface area contributed by atoms with Gasteiger partial charge in [0.25, 0.3) is 15.9 Å². The molecule has 3 aromatic carbocycles. The molecule has 1 aliphatic rings. The third-order valence-electron chi connectivity index (χ3n) is 7.07. The van der Waals surface area contributed by atoms with Crippen LogP contribution in [-0.4, -0.2) is 18.3 Å². The van der Waals surface area contributed by atoms with Gasteiger partial charge in [-0.25, -0.2) is 16.8 Å². The van der Waals surface area contributed by atoms with E-state index in [9.17, 15) is 17.6 Å². The van der Waals surface area contributed by atoms with Gasteiger partial charge in [-0.2, -0.15) is 0 Å². The van der Waals surface area contributed by atoms with E-state index in [1.165, 1.54) is 40.4 Å². The maximum absolute atomic E-state index is 13.6. The van der Waals surface area contributed by atoms with Gasteiger partial charge in [0.2, 0.25) is 0 Å². The molecule has 0 spiro atoms. The van der Waals surface area contributed by atoms with Gasteiger partial charge >= 0.3 is 0 Å². The van der Waals surface area contributed by atoms with Gasteiger partial charge in [-0.15, -0.1) is 0 Å². The van der Waals surface area contributed by atoms with Gasteiger partial charge in [-0.05, 0) is 71.8 Å². The molecule has 1 aliphatic carbocycles. The number of rotatable bonds is 6. The Morgan fingerprint density at radius 1 is 0.971 bits per heavy atom. The Balaban J connectivity index is 1.41. The first-order valence-electron chi connectivity index (χ1n) is 11.8. The summed E-state index contributed by atoms with van der Waals surface area (Å²) < 4.78 is 41.7. The van der Waals surface area contributed by atoms with Gasteiger partial charge in [0, 0.05) is 23.7 Å². The number of carbonyl (C=O) groups is 1. The van der Waals surface area contributed by atoms with Crippen LogP contribution in [0, 0.1) is 5.82 Å². The Bertz CT molecular complexity index is 1480. The van der Waals surface area contributed by atoms with Gasteiger partial charge in [-0.1, -0.05) is 50.1 Å². The number of nitrogens with one attached hydrogen (secondary N) is 1. The van der Waals surface area contributed by atoms with Crippen molar-refractivity contribution in [1.82, 2.24) is 9.29 Å². The third kappa shape index (κ3) is 4.36. The Hall–Kier alpha value is -3.45. The summed E-state index contributed by atoms with van der Waals surface area (Å²) in [6.07, 6.45) is 6.17. The van der Waals surface area contributed by atoms with E-state index in [1.807, 2.05) is 24.3 Å². The van der Waals surface area contributed by atoms with Crippen molar-refractivity contribution < 1.29 is 17.6 Å². The quantitative estimate of drug-likeness (QED) is 0.373. The van der Waals surface area contributed by atoms with Crippen molar-refractivity contribution in [2.45, 2.75) is 49.5 Å². The molecule has 0 atom stereocenters. The Morgan fingerprint density at radius 3 is 2.31 bits per heavy atom. The highest BCUT2D eigenvalue weighted by Gasteiger charge is 2.34. The van der Waals surface area contributed by atoms with E-state index in [4.69, 9.17) is 0 Å². The highest BCUT2D eigenvalue weighted by molar-refractivity contribution is 7.90. The number of carbonyl (C=O) groups excluding carboxylic acids is 1. The lowest BCUT2D eigenvalue weighted by atomic mass is 9.81. The zero-order valence-corrected chi connectivity index (χ0v) is 20.3. The molecule has 4 aromatic rings. The Labute approximate surface area is 204 Å². The average Bonchev–Trinajstić information content (AvgIpc) is 3.49. The second-order valence-electron chi connectivity index (χ2n) is 9.46. The Morgan fingerprint density at radius 2 is 1.63 bits per heavy atom. The standard InChI is InChI=1S/C28H27FN2O3S/c1-28(16-4-5-17-28)25-19-31(26-7-3-2-6-24(25)26)35(33,34)23-14-10-21(11-15-23)27(32)30-18-20-8-12-22(29)13-9-20/h2-3,6-15,19H,4-5,16-18H2,1H3,(H,30,32). The van der Waals surface area contributed by atoms with E-state index in [0.717, 1.165) is 42.2 Å². The number of hydrogen-bond donors (Lipinski definition) is 1. The molecule has 0 unspecified atom stereocenters. The summed E-state index contributed by atoms with van der Waals surface area (Å²) >= 11 is 0. The molecule has 35 heavy (non-hydrogen) atoms. The maximum Gasteiger partial charge on any atom is 0.268 e. The number of para-hydroxylation sites is 1. The van der Waals surface area contributed by atoms with Crippen LogP contribution in [0.15, 0.2) is 83.9 Å². The van der Waals surface area contributed by atoms with Gasteiger partial charge in [-0.3, -0.25) is 4.79 Å². The van der Waals surface area contributed by atoms with Crippen LogP contribution in [-0.2, 0) is 22.0 Å². The maximum atomic E-state index is 13.6. The van der Waals surface area contributed by atoms with E-state index in [-0.39, 0.29) is 28.6 Å². The van der Waals surface area contributed by atoms with Gasteiger partial charge in [0.15, 0.2) is 0 Å². The van der Waals surface area contributed by atoms with Crippen LogP contribution in [0.3, 0.4) is 0 Å². The molecule has 0 saturated heterocycles. The van der Waals surface area contributed by atoms with Crippen LogP contribution < -0.4 is 5.32 Å². The fourth-order valence-electron chi connectivity index (χ4n) is 5.03. The summed E-state index contributed by atoms with van der Waals surface area (Å²) in [7, 11) is -3.85. The molecule has 1 aromatic heterocycles. The van der Waals surface area contributed by atoms with E-state index >= 15 is 0 Å². The van der Waals surface area contributed by atoms with Crippen LogP contribution in [0.4, 0.5) is 4.39 Å². The summed E-state index contributed by atoms with van der Waals surface area (Å²) in [5, 5.41) is 3.74. The number of aromatic nitrogens is 1. The first kappa shape index (κ1) is 23.3. The molecule has 7 heteroatoms. The van der Waals surface area contributed by atoms with Crippen molar-refractivity contribution in [3.63, 3.8) is 0 Å². The van der Waals surface area contributed by atoms with Gasteiger partial charge in [0.1, 0.15) is 5.82 Å². The second kappa shape index (κ2) is 8.96. The first-order chi connectivity index (χ1) is 16.8. The molecule has 0 aliphatic heterocycles. The minimum Gasteiger partial charge on any atom is -0.348 e. The molecule has 5 rings (SSSR count). The lowest BCUT2D eigenvalue weighted by Crippen LogP contribution is -2.23. The minimum atomic E-state index is -3.85. The third-order valence-corrected chi connectivity index (χ3v) is 8.76. The number of amides is 1. The summed E-state index contributed by atoms with van der Waals surface area (Å²) in [5.74, 6) is -0.669. The molecule has 1 amide bonds. The topological polar surface area (TPSA) is 68.2 Å². The lowest BCUT2D eigenvalue weighted by molar-refractivity contribution is 0.0951. The van der Waals surface area contributed by atoms with Crippen LogP contribution in [0.5, 0.6) is 0 Å². The SMILES string of the molecule is CC1(c2cn(S(=O)(=O)c3ccc(C(=O)NCc4ccc(F)cc4)cc3)c3ccccc23)CCCC1. The number of fused-ring (bicyclic) bond motifs is 1. The molecular formula is C28H27FN2O3S. The largest absolute Gasteiger partial charge is 0.348 e. The molecule has 1 N–H and O–H groups in total. The number of halogens is 1. The molecule has 0 bridgehead atoms. The molecular weight excluding hydrogens is 463 g/mol. The van der Waals surface area contributed by atoms with Gasteiger partial charge < -0.3 is 5.32 Å². The number of nitrogens with zero attached hydrogens (tertiary/aromatic N) is 1. The minimum absolute atomic E-state index is 0.0349. The molecule has 1 heterocycles. The van der Waals surface area contributed by atoms with Crippen molar-refractivity contribution >= 4 is 26.8 Å². The Kier molecular flexibility index (Phi) is 5.97. The fraction of sp³-hybridized carbons (Fsp3) is 0.250. The van der Waals surface area contributed by atoms with E-state index in [2.05, 4.69) is 12.2 Å². The van der Waals surface area contributed by atoms with E-state index in [1.54, 1.807) is 18.3 Å². The van der Waals surface area contributed by atoms with Crippen molar-refractivity contribution in [2.24, 2.45) is 0 Å². The number of hydrogen-bond acceptors (Lipinski definition) is 3.